The minimum absolute atomic E-state index is 0.00133. The van der Waals surface area contributed by atoms with Gasteiger partial charge >= 0.3 is 0 Å². The Bertz CT molecular complexity index is 1260. The molecule has 6 nitrogen and oxygen atoms in total. The van der Waals surface area contributed by atoms with Crippen molar-refractivity contribution in [3.8, 4) is 0 Å². The molecule has 2 fully saturated rings. The van der Waals surface area contributed by atoms with E-state index in [9.17, 15) is 18.6 Å². The van der Waals surface area contributed by atoms with Gasteiger partial charge in [-0.2, -0.15) is 0 Å². The first-order valence-electron chi connectivity index (χ1n) is 18.3. The van der Waals surface area contributed by atoms with Crippen LogP contribution in [0, 0.1) is 23.2 Å². The van der Waals surface area contributed by atoms with Crippen LogP contribution in [0.15, 0.2) is 35.2 Å². The van der Waals surface area contributed by atoms with Crippen molar-refractivity contribution in [3.05, 3.63) is 30.3 Å². The summed E-state index contributed by atoms with van der Waals surface area (Å²) >= 11 is 0. The Balaban J connectivity index is 2.09. The van der Waals surface area contributed by atoms with E-state index in [0.717, 1.165) is 51.4 Å². The van der Waals surface area contributed by atoms with E-state index < -0.39 is 43.4 Å². The molecule has 0 saturated heterocycles. The highest BCUT2D eigenvalue weighted by Crippen LogP contribution is 2.61. The molecule has 7 atom stereocenters. The molecule has 0 aromatic heterocycles. The van der Waals surface area contributed by atoms with Gasteiger partial charge in [-0.1, -0.05) is 58.7 Å². The Hall–Kier alpha value is -0.556. The van der Waals surface area contributed by atoms with Crippen LogP contribution in [0.1, 0.15) is 113 Å². The van der Waals surface area contributed by atoms with Gasteiger partial charge in [0.1, 0.15) is 0 Å². The lowest BCUT2D eigenvalue weighted by atomic mass is 9.60. The molecule has 272 valence electrons. The van der Waals surface area contributed by atoms with E-state index in [1.807, 2.05) is 6.07 Å². The molecule has 0 bridgehead atoms. The minimum Gasteiger partial charge on any atom is -0.414 e. The van der Waals surface area contributed by atoms with Gasteiger partial charge in [-0.05, 0) is 146 Å². The lowest BCUT2D eigenvalue weighted by Crippen LogP contribution is -2.51. The number of rotatable bonds is 15. The van der Waals surface area contributed by atoms with Crippen LogP contribution in [0.4, 0.5) is 0 Å². The summed E-state index contributed by atoms with van der Waals surface area (Å²) in [4.78, 5) is 0.294. The van der Waals surface area contributed by atoms with Crippen LogP contribution >= 0.6 is 0 Å². The fourth-order valence-electron chi connectivity index (χ4n) is 8.67. The highest BCUT2D eigenvalue weighted by atomic mass is 32.2. The van der Waals surface area contributed by atoms with E-state index in [0.29, 0.717) is 10.8 Å². The lowest BCUT2D eigenvalue weighted by Gasteiger charge is -2.51. The van der Waals surface area contributed by atoms with Crippen molar-refractivity contribution < 1.29 is 27.5 Å². The molecule has 0 aliphatic heterocycles. The molecule has 5 unspecified atom stereocenters. The van der Waals surface area contributed by atoms with E-state index in [1.54, 1.807) is 38.1 Å². The summed E-state index contributed by atoms with van der Waals surface area (Å²) in [5.74, 6) is 0.363. The largest absolute Gasteiger partial charge is 0.414 e. The summed E-state index contributed by atoms with van der Waals surface area (Å²) in [5.41, 5.74) is -1.79. The highest BCUT2D eigenvalue weighted by molar-refractivity contribution is 7.92. The molecule has 47 heavy (non-hydrogen) atoms. The first-order valence-corrected chi connectivity index (χ1v) is 26.1. The number of benzene rings is 1. The van der Waals surface area contributed by atoms with Crippen LogP contribution in [0.3, 0.4) is 0 Å². The molecule has 1 aromatic carbocycles. The van der Waals surface area contributed by atoms with E-state index in [-0.39, 0.29) is 40.4 Å². The van der Waals surface area contributed by atoms with Gasteiger partial charge in [-0.25, -0.2) is 8.42 Å². The van der Waals surface area contributed by atoms with Crippen molar-refractivity contribution in [2.45, 2.75) is 185 Å². The number of hydrogen-bond donors (Lipinski definition) is 2. The van der Waals surface area contributed by atoms with Gasteiger partial charge in [0.25, 0.3) is 0 Å². The van der Waals surface area contributed by atoms with E-state index >= 15 is 0 Å². The average Bonchev–Trinajstić information content (AvgIpc) is 3.25. The molecular weight excluding hydrogens is 641 g/mol. The Kier molecular flexibility index (Phi) is 12.7. The molecule has 9 heteroatoms. The second-order valence-electron chi connectivity index (χ2n) is 18.9. The minimum atomic E-state index is -3.83. The van der Waals surface area contributed by atoms with Crippen molar-refractivity contribution >= 4 is 26.5 Å². The normalized spacial score (nSPS) is 26.9. The first kappa shape index (κ1) is 40.9. The third-order valence-electron chi connectivity index (χ3n) is 12.0. The first-order chi connectivity index (χ1) is 21.2. The van der Waals surface area contributed by atoms with Gasteiger partial charge in [-0.15, -0.1) is 0 Å². The number of fused-ring (bicyclic) bond motifs is 1. The zero-order valence-corrected chi connectivity index (χ0v) is 35.0. The summed E-state index contributed by atoms with van der Waals surface area (Å²) in [5, 5.41) is 21.5. The van der Waals surface area contributed by atoms with Crippen LogP contribution in [-0.2, 0) is 18.7 Å². The SMILES string of the molecule is CC(C)(CCCC(C1CCC2[C@@H](O[Si](C)(C)C(C)(C)C)CCC[C@]12C)C(CC(O)C(C)(C)O)S(=O)(=O)c1ccccc1)O[Si](C)(C)C. The highest BCUT2D eigenvalue weighted by Gasteiger charge is 2.57. The van der Waals surface area contributed by atoms with Gasteiger partial charge in [-0.3, -0.25) is 0 Å². The van der Waals surface area contributed by atoms with Crippen molar-refractivity contribution in [1.29, 1.82) is 0 Å². The number of aliphatic hydroxyl groups is 2. The smallest absolute Gasteiger partial charge is 0.192 e. The second-order valence-corrected chi connectivity index (χ2v) is 30.3. The molecule has 3 rings (SSSR count). The van der Waals surface area contributed by atoms with E-state index in [1.165, 1.54) is 0 Å². The van der Waals surface area contributed by atoms with E-state index in [2.05, 4.69) is 74.3 Å². The Morgan fingerprint density at radius 2 is 1.55 bits per heavy atom. The van der Waals surface area contributed by atoms with Gasteiger partial charge in [0, 0.05) is 6.10 Å². The monoisotopic (exact) mass is 710 g/mol. The zero-order chi connectivity index (χ0) is 35.9. The van der Waals surface area contributed by atoms with Gasteiger partial charge in [0.2, 0.25) is 0 Å². The fraction of sp³-hybridized carbons (Fsp3) is 0.842. The standard InChI is InChI=1S/C38H70O6SSi2/c1-35(2,3)47(12,13)43-32-22-18-26-38(8)30(23-24-31(32)38)29(21-17-25-36(4,5)44-46(9,10)11)33(27-34(39)37(6,7)40)45(41,42)28-19-15-14-16-20-28/h14-16,19-20,29-34,39-40H,17-18,21-27H2,1-13H3/t29?,30?,31?,32-,33?,34?,38+/m0/s1. The number of sulfone groups is 1. The summed E-state index contributed by atoms with van der Waals surface area (Å²) < 4.78 is 43.2. The topological polar surface area (TPSA) is 93.1 Å². The van der Waals surface area contributed by atoms with Gasteiger partial charge in [0.15, 0.2) is 26.5 Å². The third kappa shape index (κ3) is 10.0. The predicted molar refractivity (Wildman–Crippen MR) is 200 cm³/mol. The van der Waals surface area contributed by atoms with Crippen LogP contribution < -0.4 is 0 Å². The Morgan fingerprint density at radius 1 is 0.957 bits per heavy atom. The maximum atomic E-state index is 14.7. The van der Waals surface area contributed by atoms with Crippen LogP contribution in [-0.4, -0.2) is 63.9 Å². The number of hydrogen-bond acceptors (Lipinski definition) is 6. The van der Waals surface area contributed by atoms with Crippen molar-refractivity contribution in [2.75, 3.05) is 0 Å². The molecule has 0 amide bonds. The molecular formula is C38H70O6SSi2. The maximum absolute atomic E-state index is 14.7. The fourth-order valence-corrected chi connectivity index (χ4v) is 13.9. The summed E-state index contributed by atoms with van der Waals surface area (Å²) in [6, 6.07) is 8.76. The molecule has 0 spiro atoms. The van der Waals surface area contributed by atoms with Crippen molar-refractivity contribution in [1.82, 2.24) is 0 Å². The van der Waals surface area contributed by atoms with Gasteiger partial charge in [0.05, 0.1) is 27.5 Å². The molecule has 1 aromatic rings. The summed E-state index contributed by atoms with van der Waals surface area (Å²) in [7, 11) is -7.61. The third-order valence-corrected chi connectivity index (χ3v) is 20.0. The molecule has 2 saturated carbocycles. The lowest BCUT2D eigenvalue weighted by molar-refractivity contribution is -0.0583. The molecule has 2 aliphatic rings. The quantitative estimate of drug-likeness (QED) is 0.176. The molecule has 0 heterocycles. The zero-order valence-electron chi connectivity index (χ0n) is 32.2. The Morgan fingerprint density at radius 3 is 2.09 bits per heavy atom. The molecule has 2 N–H and O–H groups in total. The van der Waals surface area contributed by atoms with E-state index in [4.69, 9.17) is 8.85 Å². The van der Waals surface area contributed by atoms with Crippen LogP contribution in [0.25, 0.3) is 0 Å². The van der Waals surface area contributed by atoms with Crippen molar-refractivity contribution in [3.63, 3.8) is 0 Å². The number of aliphatic hydroxyl groups excluding tert-OH is 1. The molecule has 2 aliphatic carbocycles. The second kappa shape index (κ2) is 14.6. The average molecular weight is 711 g/mol. The van der Waals surface area contributed by atoms with Crippen molar-refractivity contribution in [2.24, 2.45) is 23.2 Å². The van der Waals surface area contributed by atoms with Crippen LogP contribution in [0.5, 0.6) is 0 Å². The van der Waals surface area contributed by atoms with Gasteiger partial charge < -0.3 is 19.1 Å². The van der Waals surface area contributed by atoms with Crippen LogP contribution in [0.2, 0.25) is 37.8 Å². The maximum Gasteiger partial charge on any atom is 0.192 e. The summed E-state index contributed by atoms with van der Waals surface area (Å²) in [6.07, 6.45) is 6.62. The predicted octanol–water partition coefficient (Wildman–Crippen LogP) is 9.37. The summed E-state index contributed by atoms with van der Waals surface area (Å²) in [6.45, 7) is 28.1. The Labute approximate surface area is 291 Å². The molecule has 0 radical (unpaired) electrons.